The molecule has 2 N–H and O–H groups in total. The number of fused-ring (bicyclic) bond motifs is 8. The van der Waals surface area contributed by atoms with E-state index in [1.54, 1.807) is 6.08 Å². The van der Waals surface area contributed by atoms with Crippen molar-refractivity contribution in [2.24, 2.45) is 0 Å². The highest BCUT2D eigenvalue weighted by atomic mass is 16.5. The molecule has 164 valence electrons. The lowest BCUT2D eigenvalue weighted by atomic mass is 10.0. The van der Waals surface area contributed by atoms with Gasteiger partial charge in [0.05, 0.1) is 22.7 Å². The molecule has 8 bridgehead atoms. The van der Waals surface area contributed by atoms with Gasteiger partial charge < -0.3 is 14.7 Å². The fourth-order valence-electron chi connectivity index (χ4n) is 4.22. The minimum atomic E-state index is 0.387. The number of nitrogens with one attached hydrogen (secondary N) is 2. The van der Waals surface area contributed by atoms with Crippen LogP contribution >= 0.6 is 0 Å². The molecule has 0 amide bonds. The van der Waals surface area contributed by atoms with Gasteiger partial charge in [-0.1, -0.05) is 43.0 Å². The first-order chi connectivity index (χ1) is 16.7. The van der Waals surface area contributed by atoms with Crippen molar-refractivity contribution >= 4 is 45.6 Å². The summed E-state index contributed by atoms with van der Waals surface area (Å²) in [5, 5.41) is 0. The highest BCUT2D eigenvalue weighted by molar-refractivity contribution is 5.98. The molecule has 34 heavy (non-hydrogen) atoms. The van der Waals surface area contributed by atoms with E-state index in [9.17, 15) is 0 Å². The number of nitrogens with zero attached hydrogens (tertiary/aromatic N) is 2. The van der Waals surface area contributed by atoms with E-state index in [1.165, 1.54) is 0 Å². The molecule has 6 rings (SSSR count). The Morgan fingerprint density at radius 3 is 2.06 bits per heavy atom. The van der Waals surface area contributed by atoms with Gasteiger partial charge in [-0.25, -0.2) is 9.97 Å². The number of ether oxygens (including phenoxy) is 1. The van der Waals surface area contributed by atoms with Crippen molar-refractivity contribution in [3.05, 3.63) is 120 Å². The van der Waals surface area contributed by atoms with Gasteiger partial charge in [0.25, 0.3) is 0 Å². The molecule has 3 aromatic heterocycles. The van der Waals surface area contributed by atoms with E-state index in [0.717, 1.165) is 61.7 Å². The van der Waals surface area contributed by atoms with Crippen molar-refractivity contribution in [2.45, 2.75) is 0 Å². The first kappa shape index (κ1) is 20.0. The van der Waals surface area contributed by atoms with Gasteiger partial charge in [0.15, 0.2) is 5.76 Å². The summed E-state index contributed by atoms with van der Waals surface area (Å²) in [5.74, 6) is 0.730. The van der Waals surface area contributed by atoms with Crippen LogP contribution in [0.2, 0.25) is 0 Å². The van der Waals surface area contributed by atoms with Crippen LogP contribution in [0, 0.1) is 0 Å². The Labute approximate surface area is 196 Å². The zero-order valence-electron chi connectivity index (χ0n) is 18.5. The molecular weight excluding hydrogens is 420 g/mol. The molecule has 2 aliphatic rings. The van der Waals surface area contributed by atoms with Crippen LogP contribution in [0.25, 0.3) is 45.6 Å². The largest absolute Gasteiger partial charge is 0.487 e. The molecule has 1 aromatic carbocycles. The van der Waals surface area contributed by atoms with E-state index in [4.69, 9.17) is 14.7 Å². The lowest BCUT2D eigenvalue weighted by Crippen LogP contribution is -1.94. The van der Waals surface area contributed by atoms with Crippen LogP contribution in [0.1, 0.15) is 28.3 Å². The summed E-state index contributed by atoms with van der Waals surface area (Å²) in [6.07, 6.45) is 5.77. The second kappa shape index (κ2) is 8.37. The fourth-order valence-corrected chi connectivity index (χ4v) is 4.22. The molecule has 4 aromatic rings. The third-order valence-corrected chi connectivity index (χ3v) is 5.70. The molecule has 0 radical (unpaired) electrons. The van der Waals surface area contributed by atoms with Gasteiger partial charge in [-0.15, -0.1) is 0 Å². The van der Waals surface area contributed by atoms with Gasteiger partial charge in [0.2, 0.25) is 0 Å². The van der Waals surface area contributed by atoms with Crippen LogP contribution in [0.4, 0.5) is 0 Å². The first-order valence-corrected chi connectivity index (χ1v) is 11.2. The summed E-state index contributed by atoms with van der Waals surface area (Å²) in [4.78, 5) is 16.7. The van der Waals surface area contributed by atoms with E-state index < -0.39 is 0 Å². The third kappa shape index (κ3) is 3.84. The second-order valence-corrected chi connectivity index (χ2v) is 8.16. The van der Waals surface area contributed by atoms with Crippen LogP contribution < -0.4 is 0 Å². The van der Waals surface area contributed by atoms with Gasteiger partial charge in [0.1, 0.15) is 12.3 Å². The molecule has 5 nitrogen and oxygen atoms in total. The topological polar surface area (TPSA) is 66.6 Å². The molecule has 0 fully saturated rings. The fraction of sp³-hybridized carbons (Fsp3) is 0.0345. The molecule has 0 unspecified atom stereocenters. The lowest BCUT2D eigenvalue weighted by molar-refractivity contribution is 0.321. The molecule has 5 heterocycles. The third-order valence-electron chi connectivity index (χ3n) is 5.70. The molecule has 0 saturated carbocycles. The van der Waals surface area contributed by atoms with Crippen LogP contribution in [-0.2, 0) is 4.74 Å². The SMILES string of the molecule is C=CCOC1=C(c2ccccc2)c2cc3nc(cc4ccc(cc5ccc(cc1n2)[nH]5)[nH]4)C=C3. The minimum Gasteiger partial charge on any atom is -0.487 e. The highest BCUT2D eigenvalue weighted by Crippen LogP contribution is 2.36. The Morgan fingerprint density at radius 2 is 1.35 bits per heavy atom. The summed E-state index contributed by atoms with van der Waals surface area (Å²) in [6.45, 7) is 4.21. The van der Waals surface area contributed by atoms with Gasteiger partial charge >= 0.3 is 0 Å². The average Bonchev–Trinajstić information content (AvgIpc) is 3.63. The van der Waals surface area contributed by atoms with Crippen LogP contribution in [-0.4, -0.2) is 26.5 Å². The second-order valence-electron chi connectivity index (χ2n) is 8.16. The summed E-state index contributed by atoms with van der Waals surface area (Å²) >= 11 is 0. The number of rotatable bonds is 4. The maximum Gasteiger partial charge on any atom is 0.155 e. The number of aromatic amines is 2. The standard InChI is InChI=1S/C29H22N4O/c1-2-14-34-29-27-18-25-13-11-23(32-25)16-21-9-8-20(30-21)15-22-10-12-24(31-22)17-26(33-27)28(29)19-6-4-3-5-7-19/h2-13,15-18,30,32H,1,14H2. The Hall–Kier alpha value is -4.64. The van der Waals surface area contributed by atoms with Crippen molar-refractivity contribution in [3.8, 4) is 0 Å². The Morgan fingerprint density at radius 1 is 0.706 bits per heavy atom. The summed E-state index contributed by atoms with van der Waals surface area (Å²) in [5.41, 5.74) is 9.23. The average molecular weight is 443 g/mol. The van der Waals surface area contributed by atoms with Gasteiger partial charge in [-0.3, -0.25) is 0 Å². The zero-order chi connectivity index (χ0) is 22.9. The normalized spacial score (nSPS) is 12.7. The van der Waals surface area contributed by atoms with Crippen molar-refractivity contribution in [2.75, 3.05) is 6.61 Å². The minimum absolute atomic E-state index is 0.387. The van der Waals surface area contributed by atoms with Crippen LogP contribution in [0.5, 0.6) is 0 Å². The van der Waals surface area contributed by atoms with Crippen LogP contribution in [0.3, 0.4) is 0 Å². The van der Waals surface area contributed by atoms with Crippen molar-refractivity contribution in [1.82, 2.24) is 19.9 Å². The molecule has 0 aliphatic carbocycles. The Bertz CT molecular complexity index is 1620. The van der Waals surface area contributed by atoms with Crippen LogP contribution in [0.15, 0.2) is 91.5 Å². The molecule has 0 atom stereocenters. The van der Waals surface area contributed by atoms with Crippen molar-refractivity contribution < 1.29 is 4.74 Å². The molecule has 5 heteroatoms. The first-order valence-electron chi connectivity index (χ1n) is 11.2. The van der Waals surface area contributed by atoms with Crippen molar-refractivity contribution in [1.29, 1.82) is 0 Å². The summed E-state index contributed by atoms with van der Waals surface area (Å²) < 4.78 is 6.19. The van der Waals surface area contributed by atoms with Crippen molar-refractivity contribution in [3.63, 3.8) is 0 Å². The Balaban J connectivity index is 1.68. The van der Waals surface area contributed by atoms with E-state index >= 15 is 0 Å². The van der Waals surface area contributed by atoms with Gasteiger partial charge in [-0.2, -0.15) is 0 Å². The lowest BCUT2D eigenvalue weighted by Gasteiger charge is -2.09. The molecular formula is C29H22N4O. The highest BCUT2D eigenvalue weighted by Gasteiger charge is 2.23. The maximum atomic E-state index is 6.19. The molecule has 0 spiro atoms. The molecule has 0 saturated heterocycles. The predicted octanol–water partition coefficient (Wildman–Crippen LogP) is 6.60. The summed E-state index contributed by atoms with van der Waals surface area (Å²) in [6, 6.07) is 26.5. The van der Waals surface area contributed by atoms with Gasteiger partial charge in [-0.05, 0) is 66.2 Å². The monoisotopic (exact) mass is 442 g/mol. The number of benzene rings is 1. The Kier molecular flexibility index (Phi) is 4.92. The van der Waals surface area contributed by atoms with E-state index in [0.29, 0.717) is 6.61 Å². The van der Waals surface area contributed by atoms with E-state index in [1.807, 2.05) is 54.6 Å². The zero-order valence-corrected chi connectivity index (χ0v) is 18.5. The van der Waals surface area contributed by atoms with E-state index in [-0.39, 0.29) is 0 Å². The number of H-pyrrole nitrogens is 2. The quantitative estimate of drug-likeness (QED) is 0.308. The van der Waals surface area contributed by atoms with Gasteiger partial charge in [0, 0.05) is 22.1 Å². The summed E-state index contributed by atoms with van der Waals surface area (Å²) in [7, 11) is 0. The predicted molar refractivity (Wildman–Crippen MR) is 138 cm³/mol. The number of aromatic nitrogens is 4. The number of hydrogen-bond acceptors (Lipinski definition) is 3. The number of hydrogen-bond donors (Lipinski definition) is 2. The maximum absolute atomic E-state index is 6.19. The van der Waals surface area contributed by atoms with E-state index in [2.05, 4.69) is 52.9 Å². The smallest absolute Gasteiger partial charge is 0.155 e. The molecule has 2 aliphatic heterocycles.